The van der Waals surface area contributed by atoms with Gasteiger partial charge in [0, 0.05) is 37.9 Å². The maximum atomic E-state index is 5.92. The molecule has 3 atom stereocenters. The summed E-state index contributed by atoms with van der Waals surface area (Å²) < 4.78 is 1.85. The summed E-state index contributed by atoms with van der Waals surface area (Å²) in [6.07, 6.45) is 5.29. The molecule has 1 fully saturated rings. The molecule has 0 radical (unpaired) electrons. The third-order valence-electron chi connectivity index (χ3n) is 3.57. The van der Waals surface area contributed by atoms with Crippen LogP contribution >= 0.6 is 0 Å². The van der Waals surface area contributed by atoms with E-state index in [4.69, 9.17) is 5.73 Å². The molecule has 1 aliphatic rings. The van der Waals surface area contributed by atoms with Crippen molar-refractivity contribution in [1.82, 2.24) is 14.7 Å². The van der Waals surface area contributed by atoms with Crippen LogP contribution in [0.2, 0.25) is 0 Å². The monoisotopic (exact) mass is 222 g/mol. The number of nitrogens with two attached hydrogens (primary N) is 1. The number of rotatable bonds is 3. The molecular weight excluding hydrogens is 200 g/mol. The van der Waals surface area contributed by atoms with Gasteiger partial charge in [-0.05, 0) is 19.3 Å². The average molecular weight is 222 g/mol. The minimum atomic E-state index is 0.327. The number of nitrogens with zero attached hydrogens (tertiary/aromatic N) is 3. The van der Waals surface area contributed by atoms with Crippen LogP contribution in [0.15, 0.2) is 12.4 Å². The molecule has 0 saturated carbocycles. The Balaban J connectivity index is 2.16. The third-order valence-corrected chi connectivity index (χ3v) is 3.57. The van der Waals surface area contributed by atoms with Gasteiger partial charge in [0.25, 0.3) is 0 Å². The lowest BCUT2D eigenvalue weighted by Crippen LogP contribution is -2.36. The summed E-state index contributed by atoms with van der Waals surface area (Å²) in [6, 6.07) is 0.956. The van der Waals surface area contributed by atoms with Gasteiger partial charge in [-0.15, -0.1) is 0 Å². The van der Waals surface area contributed by atoms with Crippen molar-refractivity contribution in [2.24, 2.45) is 18.7 Å². The van der Waals surface area contributed by atoms with Crippen LogP contribution in [0.4, 0.5) is 0 Å². The summed E-state index contributed by atoms with van der Waals surface area (Å²) in [4.78, 5) is 2.52. The molecule has 2 N–H and O–H groups in total. The van der Waals surface area contributed by atoms with E-state index in [9.17, 15) is 0 Å². The Labute approximate surface area is 97.4 Å². The zero-order valence-electron chi connectivity index (χ0n) is 10.4. The first kappa shape index (κ1) is 11.6. The van der Waals surface area contributed by atoms with Crippen LogP contribution in [0.25, 0.3) is 0 Å². The summed E-state index contributed by atoms with van der Waals surface area (Å²) in [5.41, 5.74) is 7.16. The molecule has 16 heavy (non-hydrogen) atoms. The maximum absolute atomic E-state index is 5.92. The Hall–Kier alpha value is -0.870. The van der Waals surface area contributed by atoms with Crippen LogP contribution < -0.4 is 5.73 Å². The lowest BCUT2D eigenvalue weighted by molar-refractivity contribution is 0.192. The molecule has 1 aromatic rings. The molecule has 1 aromatic heterocycles. The molecule has 2 rings (SSSR count). The predicted octanol–water partition coefficient (Wildman–Crippen LogP) is 1.15. The molecule has 3 unspecified atom stereocenters. The number of likely N-dealkylation sites (tertiary alicyclic amines) is 1. The van der Waals surface area contributed by atoms with Crippen LogP contribution in [0.1, 0.15) is 31.9 Å². The van der Waals surface area contributed by atoms with Crippen molar-refractivity contribution in [1.29, 1.82) is 0 Å². The second-order valence-corrected chi connectivity index (χ2v) is 5.09. The molecule has 0 aromatic carbocycles. The zero-order valence-corrected chi connectivity index (χ0v) is 10.4. The summed E-state index contributed by atoms with van der Waals surface area (Å²) in [5, 5.41) is 4.24. The second kappa shape index (κ2) is 4.55. The van der Waals surface area contributed by atoms with Crippen LogP contribution in [-0.2, 0) is 7.05 Å². The Morgan fingerprint density at radius 1 is 1.56 bits per heavy atom. The fourth-order valence-electron chi connectivity index (χ4n) is 2.84. The number of hydrogen-bond acceptors (Lipinski definition) is 3. The van der Waals surface area contributed by atoms with Gasteiger partial charge >= 0.3 is 0 Å². The standard InChI is InChI=1S/C12H22N4/c1-9-4-10(2)16(7-9)12(5-13)11-6-14-15(3)8-11/h6,8-10,12H,4-5,7,13H2,1-3H3. The third kappa shape index (κ3) is 2.13. The number of aryl methyl sites for hydroxylation is 1. The predicted molar refractivity (Wildman–Crippen MR) is 65.0 cm³/mol. The first-order valence-corrected chi connectivity index (χ1v) is 6.06. The highest BCUT2D eigenvalue weighted by molar-refractivity contribution is 5.12. The fourth-order valence-corrected chi connectivity index (χ4v) is 2.84. The highest BCUT2D eigenvalue weighted by atomic mass is 15.3. The normalized spacial score (nSPS) is 28.5. The molecular formula is C12H22N4. The van der Waals surface area contributed by atoms with Crippen molar-refractivity contribution < 1.29 is 0 Å². The molecule has 1 saturated heterocycles. The van der Waals surface area contributed by atoms with E-state index in [0.717, 1.165) is 12.5 Å². The van der Waals surface area contributed by atoms with Gasteiger partial charge in [0.2, 0.25) is 0 Å². The quantitative estimate of drug-likeness (QED) is 0.834. The van der Waals surface area contributed by atoms with Crippen molar-refractivity contribution in [2.75, 3.05) is 13.1 Å². The molecule has 0 amide bonds. The number of aromatic nitrogens is 2. The maximum Gasteiger partial charge on any atom is 0.0538 e. The second-order valence-electron chi connectivity index (χ2n) is 5.09. The zero-order chi connectivity index (χ0) is 11.7. The van der Waals surface area contributed by atoms with Gasteiger partial charge in [-0.25, -0.2) is 0 Å². The minimum absolute atomic E-state index is 0.327. The lowest BCUT2D eigenvalue weighted by atomic mass is 10.1. The first-order valence-electron chi connectivity index (χ1n) is 6.06. The van der Waals surface area contributed by atoms with Crippen molar-refractivity contribution in [2.45, 2.75) is 32.4 Å². The van der Waals surface area contributed by atoms with E-state index in [1.54, 1.807) is 0 Å². The van der Waals surface area contributed by atoms with E-state index in [0.29, 0.717) is 18.6 Å². The van der Waals surface area contributed by atoms with Gasteiger partial charge in [0.1, 0.15) is 0 Å². The summed E-state index contributed by atoms with van der Waals surface area (Å²) in [6.45, 7) is 6.43. The molecule has 90 valence electrons. The Morgan fingerprint density at radius 2 is 2.31 bits per heavy atom. The fraction of sp³-hybridized carbons (Fsp3) is 0.750. The van der Waals surface area contributed by atoms with E-state index < -0.39 is 0 Å². The van der Waals surface area contributed by atoms with Gasteiger partial charge in [-0.3, -0.25) is 9.58 Å². The van der Waals surface area contributed by atoms with E-state index in [1.807, 2.05) is 17.9 Å². The summed E-state index contributed by atoms with van der Waals surface area (Å²) in [7, 11) is 1.95. The molecule has 4 heteroatoms. The van der Waals surface area contributed by atoms with E-state index in [2.05, 4.69) is 30.0 Å². The smallest absolute Gasteiger partial charge is 0.0538 e. The van der Waals surface area contributed by atoms with Crippen LogP contribution in [0, 0.1) is 5.92 Å². The van der Waals surface area contributed by atoms with Crippen molar-refractivity contribution in [3.05, 3.63) is 18.0 Å². The van der Waals surface area contributed by atoms with Gasteiger partial charge < -0.3 is 5.73 Å². The highest BCUT2D eigenvalue weighted by Crippen LogP contribution is 2.31. The van der Waals surface area contributed by atoms with Gasteiger partial charge in [0.15, 0.2) is 0 Å². The average Bonchev–Trinajstić information content (AvgIpc) is 2.76. The minimum Gasteiger partial charge on any atom is -0.329 e. The van der Waals surface area contributed by atoms with Crippen molar-refractivity contribution in [3.63, 3.8) is 0 Å². The molecule has 0 aliphatic carbocycles. The largest absolute Gasteiger partial charge is 0.329 e. The van der Waals surface area contributed by atoms with E-state index in [1.165, 1.54) is 12.0 Å². The van der Waals surface area contributed by atoms with E-state index in [-0.39, 0.29) is 0 Å². The Morgan fingerprint density at radius 3 is 2.75 bits per heavy atom. The Kier molecular flexibility index (Phi) is 3.30. The van der Waals surface area contributed by atoms with Gasteiger partial charge in [-0.2, -0.15) is 5.10 Å². The first-order chi connectivity index (χ1) is 7.61. The molecule has 0 bridgehead atoms. The number of hydrogen-bond donors (Lipinski definition) is 1. The Bertz CT molecular complexity index is 347. The summed E-state index contributed by atoms with van der Waals surface area (Å²) in [5.74, 6) is 0.778. The van der Waals surface area contributed by atoms with Crippen molar-refractivity contribution in [3.8, 4) is 0 Å². The molecule has 0 spiro atoms. The van der Waals surface area contributed by atoms with Gasteiger partial charge in [-0.1, -0.05) is 6.92 Å². The van der Waals surface area contributed by atoms with Gasteiger partial charge in [0.05, 0.1) is 12.2 Å². The van der Waals surface area contributed by atoms with E-state index >= 15 is 0 Å². The molecule has 4 nitrogen and oxygen atoms in total. The molecule has 1 aliphatic heterocycles. The van der Waals surface area contributed by atoms with Crippen LogP contribution in [0.3, 0.4) is 0 Å². The van der Waals surface area contributed by atoms with Crippen molar-refractivity contribution >= 4 is 0 Å². The highest BCUT2D eigenvalue weighted by Gasteiger charge is 2.32. The topological polar surface area (TPSA) is 47.1 Å². The lowest BCUT2D eigenvalue weighted by Gasteiger charge is -2.29. The SMILES string of the molecule is CC1CC(C)N(C(CN)c2cnn(C)c2)C1. The summed E-state index contributed by atoms with van der Waals surface area (Å²) >= 11 is 0. The molecule has 2 heterocycles. The van der Waals surface area contributed by atoms with Crippen LogP contribution in [-0.4, -0.2) is 33.8 Å². The van der Waals surface area contributed by atoms with Crippen LogP contribution in [0.5, 0.6) is 0 Å².